The molecule has 0 unspecified atom stereocenters. The summed E-state index contributed by atoms with van der Waals surface area (Å²) < 4.78 is 11.9. The van der Waals surface area contributed by atoms with Crippen LogP contribution in [0.2, 0.25) is 0 Å². The second-order valence-corrected chi connectivity index (χ2v) is 6.31. The average Bonchev–Trinajstić information content (AvgIpc) is 2.60. The van der Waals surface area contributed by atoms with Crippen LogP contribution >= 0.6 is 15.9 Å². The van der Waals surface area contributed by atoms with E-state index in [2.05, 4.69) is 25.9 Å². The normalized spacial score (nSPS) is 16.0. The van der Waals surface area contributed by atoms with E-state index < -0.39 is 0 Å². The van der Waals surface area contributed by atoms with Crippen molar-refractivity contribution in [3.63, 3.8) is 0 Å². The van der Waals surface area contributed by atoms with E-state index >= 15 is 0 Å². The van der Waals surface area contributed by atoms with Crippen molar-refractivity contribution in [2.24, 2.45) is 0 Å². The topological polar surface area (TPSA) is 64.6 Å². The SMILES string of the molecule is O=C(c1cc(Br)c2c(c1)OCCO2)N1CCc2cncnc2C1. The van der Waals surface area contributed by atoms with Crippen LogP contribution in [-0.4, -0.2) is 40.5 Å². The van der Waals surface area contributed by atoms with Gasteiger partial charge in [0.05, 0.1) is 16.7 Å². The molecule has 118 valence electrons. The standard InChI is InChI=1S/C16H14BrN3O3/c17-12-5-11(6-14-15(12)23-4-3-22-14)16(21)20-2-1-10-7-18-9-19-13(10)8-20/h5-7,9H,1-4,8H2. The predicted octanol–water partition coefficient (Wildman–Crippen LogP) is 2.21. The lowest BCUT2D eigenvalue weighted by molar-refractivity contribution is 0.0730. The molecule has 0 saturated carbocycles. The number of carbonyl (C=O) groups excluding carboxylic acids is 1. The third-order valence-corrected chi connectivity index (χ3v) is 4.59. The van der Waals surface area contributed by atoms with Gasteiger partial charge in [0.15, 0.2) is 11.5 Å². The van der Waals surface area contributed by atoms with Crippen molar-refractivity contribution in [1.82, 2.24) is 14.9 Å². The van der Waals surface area contributed by atoms with Gasteiger partial charge in [-0.05, 0) is 40.0 Å². The second-order valence-electron chi connectivity index (χ2n) is 5.45. The number of hydrogen-bond acceptors (Lipinski definition) is 5. The van der Waals surface area contributed by atoms with Crippen molar-refractivity contribution in [2.45, 2.75) is 13.0 Å². The first-order chi connectivity index (χ1) is 11.2. The molecule has 1 aromatic carbocycles. The number of halogens is 1. The maximum Gasteiger partial charge on any atom is 0.254 e. The molecule has 7 heteroatoms. The molecule has 4 rings (SSSR count). The van der Waals surface area contributed by atoms with Crippen molar-refractivity contribution in [1.29, 1.82) is 0 Å². The zero-order valence-electron chi connectivity index (χ0n) is 12.3. The Hall–Kier alpha value is -2.15. The molecule has 1 amide bonds. The van der Waals surface area contributed by atoms with Crippen molar-refractivity contribution in [3.8, 4) is 11.5 Å². The maximum absolute atomic E-state index is 12.8. The minimum atomic E-state index is -0.0352. The number of hydrogen-bond donors (Lipinski definition) is 0. The Labute approximate surface area is 141 Å². The van der Waals surface area contributed by atoms with E-state index in [0.717, 1.165) is 22.2 Å². The van der Waals surface area contributed by atoms with E-state index in [1.807, 2.05) is 6.20 Å². The number of benzene rings is 1. The van der Waals surface area contributed by atoms with E-state index in [0.29, 0.717) is 43.4 Å². The highest BCUT2D eigenvalue weighted by molar-refractivity contribution is 9.10. The van der Waals surface area contributed by atoms with Gasteiger partial charge in [-0.2, -0.15) is 0 Å². The summed E-state index contributed by atoms with van der Waals surface area (Å²) in [7, 11) is 0. The molecule has 2 aliphatic heterocycles. The number of rotatable bonds is 1. The molecule has 0 bridgehead atoms. The summed E-state index contributed by atoms with van der Waals surface area (Å²) in [4.78, 5) is 22.9. The lowest BCUT2D eigenvalue weighted by atomic mass is 10.1. The largest absolute Gasteiger partial charge is 0.486 e. The molecule has 0 fully saturated rings. The molecule has 0 radical (unpaired) electrons. The fraction of sp³-hybridized carbons (Fsp3) is 0.312. The van der Waals surface area contributed by atoms with Crippen LogP contribution in [0.3, 0.4) is 0 Å². The zero-order chi connectivity index (χ0) is 15.8. The highest BCUT2D eigenvalue weighted by Crippen LogP contribution is 2.39. The Bertz CT molecular complexity index is 781. The van der Waals surface area contributed by atoms with E-state index in [1.165, 1.54) is 6.33 Å². The highest BCUT2D eigenvalue weighted by Gasteiger charge is 2.25. The van der Waals surface area contributed by atoms with Crippen molar-refractivity contribution in [2.75, 3.05) is 19.8 Å². The molecule has 0 spiro atoms. The van der Waals surface area contributed by atoms with E-state index in [4.69, 9.17) is 9.47 Å². The van der Waals surface area contributed by atoms with Crippen molar-refractivity contribution >= 4 is 21.8 Å². The Balaban J connectivity index is 1.62. The van der Waals surface area contributed by atoms with Gasteiger partial charge in [-0.25, -0.2) is 9.97 Å². The number of carbonyl (C=O) groups is 1. The van der Waals surface area contributed by atoms with Crippen LogP contribution in [-0.2, 0) is 13.0 Å². The minimum Gasteiger partial charge on any atom is -0.486 e. The van der Waals surface area contributed by atoms with Gasteiger partial charge in [0.2, 0.25) is 0 Å². The summed E-state index contributed by atoms with van der Waals surface area (Å²) in [5.74, 6) is 1.23. The van der Waals surface area contributed by atoms with E-state index in [-0.39, 0.29) is 5.91 Å². The molecule has 0 atom stereocenters. The van der Waals surface area contributed by atoms with Crippen LogP contribution in [0.15, 0.2) is 29.1 Å². The van der Waals surface area contributed by atoms with Crippen molar-refractivity contribution in [3.05, 3.63) is 46.0 Å². The molecule has 0 aliphatic carbocycles. The number of amides is 1. The number of nitrogens with zero attached hydrogens (tertiary/aromatic N) is 3. The number of fused-ring (bicyclic) bond motifs is 2. The van der Waals surface area contributed by atoms with Crippen LogP contribution in [0, 0.1) is 0 Å². The van der Waals surface area contributed by atoms with Gasteiger partial charge in [0, 0.05) is 18.3 Å². The van der Waals surface area contributed by atoms with E-state index in [9.17, 15) is 4.79 Å². The molecule has 2 aromatic rings. The lowest BCUT2D eigenvalue weighted by Gasteiger charge is -2.28. The van der Waals surface area contributed by atoms with Crippen LogP contribution in [0.4, 0.5) is 0 Å². The first kappa shape index (κ1) is 14.4. The van der Waals surface area contributed by atoms with Crippen LogP contribution in [0.5, 0.6) is 11.5 Å². The molecule has 0 N–H and O–H groups in total. The fourth-order valence-corrected chi connectivity index (χ4v) is 3.40. The summed E-state index contributed by atoms with van der Waals surface area (Å²) in [6, 6.07) is 3.53. The summed E-state index contributed by atoms with van der Waals surface area (Å²) in [5, 5.41) is 0. The van der Waals surface area contributed by atoms with Crippen LogP contribution in [0.1, 0.15) is 21.6 Å². The molecule has 2 aliphatic rings. The summed E-state index contributed by atoms with van der Waals surface area (Å²) >= 11 is 3.45. The number of ether oxygens (including phenoxy) is 2. The molecule has 1 aromatic heterocycles. The van der Waals surface area contributed by atoms with Crippen molar-refractivity contribution < 1.29 is 14.3 Å². The van der Waals surface area contributed by atoms with Gasteiger partial charge in [-0.15, -0.1) is 0 Å². The molecule has 23 heavy (non-hydrogen) atoms. The third-order valence-electron chi connectivity index (χ3n) is 4.00. The van der Waals surface area contributed by atoms with Gasteiger partial charge in [-0.1, -0.05) is 0 Å². The smallest absolute Gasteiger partial charge is 0.254 e. The molecular weight excluding hydrogens is 362 g/mol. The second kappa shape index (κ2) is 5.81. The molecule has 3 heterocycles. The predicted molar refractivity (Wildman–Crippen MR) is 85.6 cm³/mol. The summed E-state index contributed by atoms with van der Waals surface area (Å²) in [6.07, 6.45) is 4.12. The minimum absolute atomic E-state index is 0.0352. The Kier molecular flexibility index (Phi) is 3.65. The lowest BCUT2D eigenvalue weighted by Crippen LogP contribution is -2.36. The van der Waals surface area contributed by atoms with Gasteiger partial charge in [-0.3, -0.25) is 4.79 Å². The zero-order valence-corrected chi connectivity index (χ0v) is 13.9. The molecular formula is C16H14BrN3O3. The Morgan fingerprint density at radius 3 is 3.04 bits per heavy atom. The summed E-state index contributed by atoms with van der Waals surface area (Å²) in [5.41, 5.74) is 2.61. The van der Waals surface area contributed by atoms with Gasteiger partial charge < -0.3 is 14.4 Å². The first-order valence-corrected chi connectivity index (χ1v) is 8.18. The molecule has 6 nitrogen and oxygen atoms in total. The maximum atomic E-state index is 12.8. The van der Waals surface area contributed by atoms with Crippen LogP contribution in [0.25, 0.3) is 0 Å². The van der Waals surface area contributed by atoms with E-state index in [1.54, 1.807) is 17.0 Å². The Morgan fingerprint density at radius 2 is 2.13 bits per heavy atom. The quantitative estimate of drug-likeness (QED) is 0.764. The average molecular weight is 376 g/mol. The monoisotopic (exact) mass is 375 g/mol. The Morgan fingerprint density at radius 1 is 1.26 bits per heavy atom. The number of aromatic nitrogens is 2. The third kappa shape index (κ3) is 2.65. The van der Waals surface area contributed by atoms with Gasteiger partial charge in [0.1, 0.15) is 19.5 Å². The highest BCUT2D eigenvalue weighted by atomic mass is 79.9. The first-order valence-electron chi connectivity index (χ1n) is 7.38. The molecule has 0 saturated heterocycles. The summed E-state index contributed by atoms with van der Waals surface area (Å²) in [6.45, 7) is 2.17. The van der Waals surface area contributed by atoms with Crippen LogP contribution < -0.4 is 9.47 Å². The fourth-order valence-electron chi connectivity index (χ4n) is 2.84. The van der Waals surface area contributed by atoms with Gasteiger partial charge >= 0.3 is 0 Å². The van der Waals surface area contributed by atoms with Gasteiger partial charge in [0.25, 0.3) is 5.91 Å².